The highest BCUT2D eigenvalue weighted by atomic mass is 19.4. The van der Waals surface area contributed by atoms with Gasteiger partial charge in [0.25, 0.3) is 0 Å². The molecule has 0 unspecified atom stereocenters. The molecular formula is C10H8F3N. The maximum Gasteiger partial charge on any atom is 0.418 e. The van der Waals surface area contributed by atoms with E-state index in [1.54, 1.807) is 0 Å². The van der Waals surface area contributed by atoms with Gasteiger partial charge in [-0.05, 0) is 12.1 Å². The minimum atomic E-state index is -4.35. The van der Waals surface area contributed by atoms with Crippen LogP contribution in [0.5, 0.6) is 0 Å². The predicted octanol–water partition coefficient (Wildman–Crippen LogP) is 2.75. The van der Waals surface area contributed by atoms with Crippen molar-refractivity contribution in [3.8, 4) is 12.3 Å². The zero-order valence-electron chi connectivity index (χ0n) is 7.23. The lowest BCUT2D eigenvalue weighted by Gasteiger charge is -2.12. The Labute approximate surface area is 79.9 Å². The standard InChI is InChI=1S/C10H8F3N/c1-2-7-14-9-6-4-3-5-8(9)10(11,12)13/h1,3-6,14H,7H2. The van der Waals surface area contributed by atoms with Crippen LogP contribution in [0.1, 0.15) is 5.56 Å². The Morgan fingerprint density at radius 2 is 1.93 bits per heavy atom. The van der Waals surface area contributed by atoms with Gasteiger partial charge in [-0.25, -0.2) is 0 Å². The molecule has 0 aliphatic rings. The van der Waals surface area contributed by atoms with Gasteiger partial charge in [-0.3, -0.25) is 0 Å². The van der Waals surface area contributed by atoms with Gasteiger partial charge in [0, 0.05) is 5.69 Å². The number of rotatable bonds is 2. The van der Waals surface area contributed by atoms with Gasteiger partial charge in [-0.1, -0.05) is 18.1 Å². The van der Waals surface area contributed by atoms with E-state index in [2.05, 4.69) is 11.2 Å². The van der Waals surface area contributed by atoms with Crippen molar-refractivity contribution < 1.29 is 13.2 Å². The highest BCUT2D eigenvalue weighted by Gasteiger charge is 2.32. The van der Waals surface area contributed by atoms with Crippen molar-refractivity contribution >= 4 is 5.69 Å². The first-order valence-electron chi connectivity index (χ1n) is 3.89. The molecule has 0 aromatic heterocycles. The molecule has 1 rings (SSSR count). The Morgan fingerprint density at radius 3 is 2.50 bits per heavy atom. The van der Waals surface area contributed by atoms with E-state index < -0.39 is 11.7 Å². The SMILES string of the molecule is C#CCNc1ccccc1C(F)(F)F. The highest BCUT2D eigenvalue weighted by molar-refractivity contribution is 5.53. The van der Waals surface area contributed by atoms with Crippen LogP contribution in [0, 0.1) is 12.3 Å². The smallest absolute Gasteiger partial charge is 0.374 e. The zero-order valence-corrected chi connectivity index (χ0v) is 7.23. The number of alkyl halides is 3. The number of hydrogen-bond donors (Lipinski definition) is 1. The average molecular weight is 199 g/mol. The summed E-state index contributed by atoms with van der Waals surface area (Å²) in [6, 6.07) is 5.22. The normalized spacial score (nSPS) is 10.7. The number of para-hydroxylation sites is 1. The van der Waals surface area contributed by atoms with E-state index in [0.29, 0.717) is 0 Å². The summed E-state index contributed by atoms with van der Waals surface area (Å²) in [6.07, 6.45) is 0.593. The molecule has 1 nitrogen and oxygen atoms in total. The fourth-order valence-electron chi connectivity index (χ4n) is 1.03. The quantitative estimate of drug-likeness (QED) is 0.722. The lowest BCUT2D eigenvalue weighted by molar-refractivity contribution is -0.136. The van der Waals surface area contributed by atoms with Crippen molar-refractivity contribution in [2.24, 2.45) is 0 Å². The van der Waals surface area contributed by atoms with Gasteiger partial charge in [0.2, 0.25) is 0 Å². The predicted molar refractivity (Wildman–Crippen MR) is 48.8 cm³/mol. The maximum atomic E-state index is 12.4. The zero-order chi connectivity index (χ0) is 10.6. The monoisotopic (exact) mass is 199 g/mol. The Morgan fingerprint density at radius 1 is 1.29 bits per heavy atom. The molecule has 0 aliphatic heterocycles. The molecule has 0 atom stereocenters. The molecule has 14 heavy (non-hydrogen) atoms. The molecular weight excluding hydrogens is 191 g/mol. The van der Waals surface area contributed by atoms with Gasteiger partial charge in [-0.2, -0.15) is 13.2 Å². The average Bonchev–Trinajstić information content (AvgIpc) is 2.14. The van der Waals surface area contributed by atoms with Crippen LogP contribution < -0.4 is 5.32 Å². The Kier molecular flexibility index (Phi) is 3.03. The molecule has 1 N–H and O–H groups in total. The Balaban J connectivity index is 2.99. The van der Waals surface area contributed by atoms with Gasteiger partial charge in [-0.15, -0.1) is 6.42 Å². The summed E-state index contributed by atoms with van der Waals surface area (Å²) in [6.45, 7) is 0.0765. The molecule has 0 radical (unpaired) electrons. The minimum Gasteiger partial charge on any atom is -0.374 e. The van der Waals surface area contributed by atoms with Gasteiger partial charge in [0.1, 0.15) is 0 Å². The summed E-state index contributed by atoms with van der Waals surface area (Å²) in [7, 11) is 0. The van der Waals surface area contributed by atoms with Crippen LogP contribution in [0.25, 0.3) is 0 Å². The van der Waals surface area contributed by atoms with E-state index in [9.17, 15) is 13.2 Å². The summed E-state index contributed by atoms with van der Waals surface area (Å²) in [4.78, 5) is 0. The third-order valence-electron chi connectivity index (χ3n) is 1.61. The number of halogens is 3. The minimum absolute atomic E-state index is 0.0120. The molecule has 0 amide bonds. The largest absolute Gasteiger partial charge is 0.418 e. The first kappa shape index (κ1) is 10.5. The Bertz CT molecular complexity index is 349. The van der Waals surface area contributed by atoms with Crippen LogP contribution >= 0.6 is 0 Å². The van der Waals surface area contributed by atoms with Crippen molar-refractivity contribution in [1.82, 2.24) is 0 Å². The van der Waals surface area contributed by atoms with Crippen LogP contribution in [-0.2, 0) is 6.18 Å². The van der Waals surface area contributed by atoms with Crippen molar-refractivity contribution in [3.05, 3.63) is 29.8 Å². The summed E-state index contributed by atoms with van der Waals surface area (Å²) in [5.74, 6) is 2.22. The molecule has 4 heteroatoms. The highest BCUT2D eigenvalue weighted by Crippen LogP contribution is 2.34. The molecule has 0 heterocycles. The summed E-state index contributed by atoms with van der Waals surface area (Å²) in [5, 5.41) is 2.51. The second-order valence-electron chi connectivity index (χ2n) is 2.60. The third-order valence-corrected chi connectivity index (χ3v) is 1.61. The fraction of sp³-hybridized carbons (Fsp3) is 0.200. The van der Waals surface area contributed by atoms with E-state index >= 15 is 0 Å². The first-order chi connectivity index (χ1) is 6.55. The molecule has 1 aromatic rings. The van der Waals surface area contributed by atoms with Crippen molar-refractivity contribution in [3.63, 3.8) is 0 Å². The van der Waals surface area contributed by atoms with Crippen molar-refractivity contribution in [2.75, 3.05) is 11.9 Å². The molecule has 0 saturated heterocycles. The van der Waals surface area contributed by atoms with E-state index in [1.165, 1.54) is 18.2 Å². The molecule has 0 spiro atoms. The van der Waals surface area contributed by atoms with Gasteiger partial charge >= 0.3 is 6.18 Å². The van der Waals surface area contributed by atoms with Gasteiger partial charge < -0.3 is 5.32 Å². The van der Waals surface area contributed by atoms with Crippen molar-refractivity contribution in [2.45, 2.75) is 6.18 Å². The summed E-state index contributed by atoms with van der Waals surface area (Å²) in [5.41, 5.74) is -0.687. The van der Waals surface area contributed by atoms with Crippen LogP contribution in [0.15, 0.2) is 24.3 Å². The lowest BCUT2D eigenvalue weighted by Crippen LogP contribution is -2.10. The van der Waals surface area contributed by atoms with Crippen LogP contribution in [-0.4, -0.2) is 6.54 Å². The topological polar surface area (TPSA) is 12.0 Å². The number of nitrogens with one attached hydrogen (secondary N) is 1. The molecule has 0 saturated carbocycles. The van der Waals surface area contributed by atoms with Crippen LogP contribution in [0.4, 0.5) is 18.9 Å². The summed E-state index contributed by atoms with van der Waals surface area (Å²) >= 11 is 0. The Hall–Kier alpha value is -1.63. The molecule has 1 aromatic carbocycles. The van der Waals surface area contributed by atoms with E-state index in [0.717, 1.165) is 6.07 Å². The molecule has 0 bridgehead atoms. The number of terminal acetylenes is 1. The second kappa shape index (κ2) is 4.05. The van der Waals surface area contributed by atoms with Crippen LogP contribution in [0.2, 0.25) is 0 Å². The van der Waals surface area contributed by atoms with E-state index in [-0.39, 0.29) is 12.2 Å². The lowest BCUT2D eigenvalue weighted by atomic mass is 10.1. The number of anilines is 1. The summed E-state index contributed by atoms with van der Waals surface area (Å²) < 4.78 is 37.2. The maximum absolute atomic E-state index is 12.4. The molecule has 74 valence electrons. The van der Waals surface area contributed by atoms with E-state index in [4.69, 9.17) is 6.42 Å². The molecule has 0 fully saturated rings. The molecule has 0 aliphatic carbocycles. The van der Waals surface area contributed by atoms with Crippen LogP contribution in [0.3, 0.4) is 0 Å². The van der Waals surface area contributed by atoms with E-state index in [1.807, 2.05) is 0 Å². The fourth-order valence-corrected chi connectivity index (χ4v) is 1.03. The number of hydrogen-bond acceptors (Lipinski definition) is 1. The number of benzene rings is 1. The van der Waals surface area contributed by atoms with Gasteiger partial charge in [0.15, 0.2) is 0 Å². The third kappa shape index (κ3) is 2.43. The first-order valence-corrected chi connectivity index (χ1v) is 3.89. The second-order valence-corrected chi connectivity index (χ2v) is 2.60. The van der Waals surface area contributed by atoms with Gasteiger partial charge in [0.05, 0.1) is 12.1 Å². The van der Waals surface area contributed by atoms with Crippen molar-refractivity contribution in [1.29, 1.82) is 0 Å².